The van der Waals surface area contributed by atoms with Crippen molar-refractivity contribution in [3.63, 3.8) is 0 Å². The number of alkyl halides is 3. The summed E-state index contributed by atoms with van der Waals surface area (Å²) in [5.41, 5.74) is 2.51. The number of rotatable bonds is 5. The Morgan fingerprint density at radius 1 is 1.00 bits per heavy atom. The van der Waals surface area contributed by atoms with Crippen LogP contribution in [0.5, 0.6) is 5.75 Å². The van der Waals surface area contributed by atoms with Crippen LogP contribution >= 0.6 is 12.2 Å². The molecule has 1 aromatic heterocycles. The standard InChI is InChI=1S/C18H16F3N3O2S/c1-11-3-4-13(9-12(11)2)16-10-17(18(19,20)21)23-24(16)14-5-7-15(8-6-14)25-26-27-22/h3-10H,22H2,1-2H3. The Hall–Kier alpha value is -2.49. The van der Waals surface area contributed by atoms with Crippen LogP contribution in [0.2, 0.25) is 0 Å². The Balaban J connectivity index is 2.07. The Morgan fingerprint density at radius 3 is 2.30 bits per heavy atom. The fourth-order valence-corrected chi connectivity index (χ4v) is 2.64. The first kappa shape index (κ1) is 19.3. The molecule has 0 radical (unpaired) electrons. The van der Waals surface area contributed by atoms with Crippen LogP contribution in [0, 0.1) is 13.8 Å². The predicted molar refractivity (Wildman–Crippen MR) is 97.0 cm³/mol. The SMILES string of the molecule is Cc1ccc(-c2cc(C(F)(F)F)nn2-c2ccc(OOSN)cc2)cc1C. The number of hydrogen-bond acceptors (Lipinski definition) is 5. The van der Waals surface area contributed by atoms with E-state index in [-0.39, 0.29) is 0 Å². The van der Waals surface area contributed by atoms with Crippen molar-refractivity contribution in [2.45, 2.75) is 20.0 Å². The van der Waals surface area contributed by atoms with E-state index in [1.165, 1.54) is 4.68 Å². The first-order valence-corrected chi connectivity index (χ1v) is 8.65. The van der Waals surface area contributed by atoms with Crippen molar-refractivity contribution < 1.29 is 22.4 Å². The molecule has 9 heteroatoms. The summed E-state index contributed by atoms with van der Waals surface area (Å²) in [5, 5.41) is 8.86. The lowest BCUT2D eigenvalue weighted by atomic mass is 10.0. The van der Waals surface area contributed by atoms with Gasteiger partial charge in [0.1, 0.15) is 12.2 Å². The van der Waals surface area contributed by atoms with Crippen molar-refractivity contribution in [1.29, 1.82) is 0 Å². The molecule has 0 spiro atoms. The molecule has 0 fully saturated rings. The zero-order chi connectivity index (χ0) is 19.6. The van der Waals surface area contributed by atoms with Gasteiger partial charge in [-0.15, -0.1) is 0 Å². The zero-order valence-corrected chi connectivity index (χ0v) is 15.3. The minimum Gasteiger partial charge on any atom is -0.324 e. The average molecular weight is 395 g/mol. The molecule has 0 unspecified atom stereocenters. The molecule has 3 rings (SSSR count). The van der Waals surface area contributed by atoms with Crippen molar-refractivity contribution in [3.05, 3.63) is 65.4 Å². The third-order valence-electron chi connectivity index (χ3n) is 4.05. The van der Waals surface area contributed by atoms with Gasteiger partial charge in [-0.25, -0.2) is 4.68 Å². The third-order valence-corrected chi connectivity index (χ3v) is 4.20. The molecule has 1 heterocycles. The van der Waals surface area contributed by atoms with E-state index >= 15 is 0 Å². The van der Waals surface area contributed by atoms with E-state index in [2.05, 4.69) is 9.43 Å². The molecule has 0 aliphatic heterocycles. The number of aromatic nitrogens is 2. The summed E-state index contributed by atoms with van der Waals surface area (Å²) in [4.78, 5) is 4.88. The summed E-state index contributed by atoms with van der Waals surface area (Å²) in [5.74, 6) is 0.354. The number of halogens is 3. The molecular formula is C18H16F3N3O2S. The minimum atomic E-state index is -4.55. The van der Waals surface area contributed by atoms with Crippen LogP contribution in [0.3, 0.4) is 0 Å². The third kappa shape index (κ3) is 4.26. The topological polar surface area (TPSA) is 62.3 Å². The highest BCUT2D eigenvalue weighted by Crippen LogP contribution is 2.34. The quantitative estimate of drug-likeness (QED) is 0.285. The van der Waals surface area contributed by atoms with Gasteiger partial charge in [-0.05, 0) is 61.4 Å². The Bertz CT molecular complexity index is 940. The lowest BCUT2D eigenvalue weighted by Crippen LogP contribution is -2.07. The van der Waals surface area contributed by atoms with E-state index in [9.17, 15) is 13.2 Å². The van der Waals surface area contributed by atoms with Gasteiger partial charge >= 0.3 is 6.18 Å². The molecule has 2 aromatic carbocycles. The average Bonchev–Trinajstić information content (AvgIpc) is 3.08. The molecular weight excluding hydrogens is 379 g/mol. The van der Waals surface area contributed by atoms with Gasteiger partial charge in [-0.2, -0.15) is 18.3 Å². The second-order valence-electron chi connectivity index (χ2n) is 5.86. The molecule has 142 valence electrons. The monoisotopic (exact) mass is 395 g/mol. The number of nitrogens with zero attached hydrogens (tertiary/aromatic N) is 2. The van der Waals surface area contributed by atoms with Crippen molar-refractivity contribution in [2.75, 3.05) is 0 Å². The van der Waals surface area contributed by atoms with E-state index in [1.807, 2.05) is 26.0 Å². The van der Waals surface area contributed by atoms with Crippen LogP contribution in [0.1, 0.15) is 16.8 Å². The first-order valence-electron chi connectivity index (χ1n) is 7.85. The largest absolute Gasteiger partial charge is 0.435 e. The molecule has 27 heavy (non-hydrogen) atoms. The van der Waals surface area contributed by atoms with Crippen LogP contribution < -0.4 is 10.0 Å². The zero-order valence-electron chi connectivity index (χ0n) is 14.4. The van der Waals surface area contributed by atoms with Gasteiger partial charge < -0.3 is 4.89 Å². The van der Waals surface area contributed by atoms with Crippen LogP contribution in [0.25, 0.3) is 16.9 Å². The smallest absolute Gasteiger partial charge is 0.324 e. The fourth-order valence-electron chi connectivity index (χ4n) is 2.52. The summed E-state index contributed by atoms with van der Waals surface area (Å²) >= 11 is 0.541. The van der Waals surface area contributed by atoms with Crippen molar-refractivity contribution in [3.8, 4) is 22.7 Å². The molecule has 5 nitrogen and oxygen atoms in total. The van der Waals surface area contributed by atoms with Gasteiger partial charge in [0.15, 0.2) is 11.4 Å². The normalized spacial score (nSPS) is 11.6. The maximum atomic E-state index is 13.2. The second-order valence-corrected chi connectivity index (χ2v) is 6.19. The van der Waals surface area contributed by atoms with Crippen LogP contribution in [-0.2, 0) is 10.5 Å². The molecule has 0 saturated carbocycles. The Morgan fingerprint density at radius 2 is 1.70 bits per heavy atom. The number of nitrogens with two attached hydrogens (primary N) is 1. The van der Waals surface area contributed by atoms with Crippen LogP contribution in [0.15, 0.2) is 48.5 Å². The predicted octanol–water partition coefficient (Wildman–Crippen LogP) is 5.01. The van der Waals surface area contributed by atoms with E-state index < -0.39 is 11.9 Å². The molecule has 3 aromatic rings. The Labute approximate surface area is 158 Å². The number of aryl methyl sites for hydroxylation is 2. The number of hydrogen-bond donors (Lipinski definition) is 1. The molecule has 0 atom stereocenters. The first-order chi connectivity index (χ1) is 12.8. The highest BCUT2D eigenvalue weighted by molar-refractivity contribution is 7.92. The van der Waals surface area contributed by atoms with Crippen LogP contribution in [-0.4, -0.2) is 9.78 Å². The van der Waals surface area contributed by atoms with Crippen LogP contribution in [0.4, 0.5) is 13.2 Å². The highest BCUT2D eigenvalue weighted by atomic mass is 32.2. The fraction of sp³-hybridized carbons (Fsp3) is 0.167. The van der Waals surface area contributed by atoms with Crippen molar-refractivity contribution in [1.82, 2.24) is 9.78 Å². The Kier molecular flexibility index (Phi) is 5.45. The van der Waals surface area contributed by atoms with Gasteiger partial charge in [-0.1, -0.05) is 16.5 Å². The summed E-state index contributed by atoms with van der Waals surface area (Å²) in [7, 11) is 0. The van der Waals surface area contributed by atoms with Gasteiger partial charge in [-0.3, -0.25) is 5.14 Å². The van der Waals surface area contributed by atoms with Crippen molar-refractivity contribution >= 4 is 12.2 Å². The lowest BCUT2D eigenvalue weighted by Gasteiger charge is -2.10. The minimum absolute atomic E-state index is 0.341. The van der Waals surface area contributed by atoms with E-state index in [0.29, 0.717) is 34.9 Å². The van der Waals surface area contributed by atoms with E-state index in [1.54, 1.807) is 30.3 Å². The van der Waals surface area contributed by atoms with Gasteiger partial charge in [0.25, 0.3) is 0 Å². The number of benzene rings is 2. The molecule has 2 N–H and O–H groups in total. The maximum Gasteiger partial charge on any atom is 0.435 e. The molecule has 0 aliphatic rings. The van der Waals surface area contributed by atoms with E-state index in [0.717, 1.165) is 17.2 Å². The van der Waals surface area contributed by atoms with Crippen molar-refractivity contribution in [2.24, 2.45) is 5.14 Å². The lowest BCUT2D eigenvalue weighted by molar-refractivity contribution is -0.141. The van der Waals surface area contributed by atoms with E-state index in [4.69, 9.17) is 10.0 Å². The summed E-state index contributed by atoms with van der Waals surface area (Å²) in [6.07, 6.45) is -4.55. The summed E-state index contributed by atoms with van der Waals surface area (Å²) in [6, 6.07) is 12.8. The van der Waals surface area contributed by atoms with Gasteiger partial charge in [0.2, 0.25) is 0 Å². The molecule has 0 amide bonds. The summed E-state index contributed by atoms with van der Waals surface area (Å²) < 4.78 is 45.5. The maximum absolute atomic E-state index is 13.2. The molecule has 0 saturated heterocycles. The molecule has 0 bridgehead atoms. The van der Waals surface area contributed by atoms with Gasteiger partial charge in [0, 0.05) is 5.56 Å². The van der Waals surface area contributed by atoms with Gasteiger partial charge in [0.05, 0.1) is 11.4 Å². The second kappa shape index (κ2) is 7.63. The summed E-state index contributed by atoms with van der Waals surface area (Å²) in [6.45, 7) is 3.85. The molecule has 0 aliphatic carbocycles. The highest BCUT2D eigenvalue weighted by Gasteiger charge is 2.35.